The molecule has 2 aromatic rings. The van der Waals surface area contributed by atoms with E-state index in [9.17, 15) is 5.11 Å². The van der Waals surface area contributed by atoms with Gasteiger partial charge in [-0.2, -0.15) is 10.2 Å². The molecule has 1 aliphatic heterocycles. The third-order valence-electron chi connectivity index (χ3n) is 4.60. The van der Waals surface area contributed by atoms with E-state index in [1.54, 1.807) is 6.26 Å². The number of aliphatic hydroxyl groups is 1. The van der Waals surface area contributed by atoms with Crippen LogP contribution in [0.1, 0.15) is 67.7 Å². The lowest BCUT2D eigenvalue weighted by Crippen LogP contribution is -2.06. The van der Waals surface area contributed by atoms with Crippen molar-refractivity contribution in [3.05, 3.63) is 71.8 Å². The average molecular weight is 338 g/mol. The first-order valence-corrected chi connectivity index (χ1v) is 9.19. The minimum atomic E-state index is -0.529. The zero-order valence-corrected chi connectivity index (χ0v) is 14.6. The van der Waals surface area contributed by atoms with Crippen molar-refractivity contribution in [3.63, 3.8) is 0 Å². The molecule has 2 atom stereocenters. The molecule has 0 saturated carbocycles. The number of hydrogen-bond acceptors (Lipinski definition) is 4. The van der Waals surface area contributed by atoms with Crippen molar-refractivity contribution in [2.75, 3.05) is 0 Å². The van der Waals surface area contributed by atoms with Crippen molar-refractivity contribution in [2.24, 2.45) is 0 Å². The van der Waals surface area contributed by atoms with Crippen LogP contribution in [0.3, 0.4) is 0 Å². The second-order valence-corrected chi connectivity index (χ2v) is 6.57. The van der Waals surface area contributed by atoms with Gasteiger partial charge in [0.25, 0.3) is 0 Å². The fraction of sp³-hybridized carbons (Fsp3) is 0.429. The number of aryl methyl sites for hydroxylation is 1. The van der Waals surface area contributed by atoms with Gasteiger partial charge in [-0.05, 0) is 43.0 Å². The van der Waals surface area contributed by atoms with Crippen LogP contribution in [0.5, 0.6) is 0 Å². The van der Waals surface area contributed by atoms with E-state index < -0.39 is 6.10 Å². The van der Waals surface area contributed by atoms with Gasteiger partial charge >= 0.3 is 0 Å². The molecule has 25 heavy (non-hydrogen) atoms. The molecule has 1 aromatic carbocycles. The van der Waals surface area contributed by atoms with E-state index in [-0.39, 0.29) is 6.10 Å². The van der Waals surface area contributed by atoms with Crippen LogP contribution in [-0.2, 0) is 11.2 Å². The molecule has 1 aliphatic rings. The maximum absolute atomic E-state index is 10.3. The highest BCUT2D eigenvalue weighted by Crippen LogP contribution is 2.25. The van der Waals surface area contributed by atoms with Crippen LogP contribution in [0.25, 0.3) is 0 Å². The number of aromatic nitrogens is 2. The van der Waals surface area contributed by atoms with Gasteiger partial charge in [-0.25, -0.2) is 0 Å². The predicted molar refractivity (Wildman–Crippen MR) is 97.8 cm³/mol. The highest BCUT2D eigenvalue weighted by atomic mass is 16.5. The van der Waals surface area contributed by atoms with Crippen molar-refractivity contribution in [1.29, 1.82) is 0 Å². The summed E-state index contributed by atoms with van der Waals surface area (Å²) in [5.74, 6) is 0. The number of aliphatic hydroxyl groups excluding tert-OH is 1. The lowest BCUT2D eigenvalue weighted by atomic mass is 10.0. The molecule has 4 heteroatoms. The summed E-state index contributed by atoms with van der Waals surface area (Å²) in [7, 11) is 0. The molecule has 0 radical (unpaired) electrons. The van der Waals surface area contributed by atoms with Crippen LogP contribution in [0.4, 0.5) is 0 Å². The molecule has 0 saturated heterocycles. The van der Waals surface area contributed by atoms with E-state index >= 15 is 0 Å². The second-order valence-electron chi connectivity index (χ2n) is 6.57. The molecule has 0 fully saturated rings. The maximum atomic E-state index is 10.3. The fourth-order valence-electron chi connectivity index (χ4n) is 3.09. The summed E-state index contributed by atoms with van der Waals surface area (Å²) < 4.78 is 5.43. The first kappa shape index (κ1) is 17.6. The first-order valence-electron chi connectivity index (χ1n) is 9.19. The summed E-state index contributed by atoms with van der Waals surface area (Å²) in [4.78, 5) is 0. The molecular formula is C21H26N2O2. The van der Waals surface area contributed by atoms with Gasteiger partial charge in [0.1, 0.15) is 11.8 Å². The van der Waals surface area contributed by atoms with Gasteiger partial charge in [-0.1, -0.05) is 49.6 Å². The Morgan fingerprint density at radius 1 is 1.00 bits per heavy atom. The molecule has 1 aromatic heterocycles. The van der Waals surface area contributed by atoms with Crippen LogP contribution < -0.4 is 0 Å². The number of nitrogens with zero attached hydrogens (tertiary/aromatic N) is 2. The van der Waals surface area contributed by atoms with Crippen LogP contribution in [-0.4, -0.2) is 15.3 Å². The molecule has 4 nitrogen and oxygen atoms in total. The van der Waals surface area contributed by atoms with Crippen LogP contribution in [0.15, 0.2) is 54.8 Å². The van der Waals surface area contributed by atoms with E-state index in [2.05, 4.69) is 40.5 Å². The molecule has 0 aliphatic carbocycles. The Balaban J connectivity index is 1.32. The zero-order valence-electron chi connectivity index (χ0n) is 14.6. The van der Waals surface area contributed by atoms with Crippen molar-refractivity contribution in [1.82, 2.24) is 10.2 Å². The highest BCUT2D eigenvalue weighted by molar-refractivity contribution is 5.15. The summed E-state index contributed by atoms with van der Waals surface area (Å²) in [5, 5.41) is 18.6. The highest BCUT2D eigenvalue weighted by Gasteiger charge is 2.17. The van der Waals surface area contributed by atoms with E-state index in [0.717, 1.165) is 37.8 Å². The Morgan fingerprint density at radius 3 is 2.56 bits per heavy atom. The van der Waals surface area contributed by atoms with Crippen molar-refractivity contribution in [2.45, 2.75) is 57.2 Å². The predicted octanol–water partition coefficient (Wildman–Crippen LogP) is 4.68. The Hall–Kier alpha value is -2.20. The first-order chi connectivity index (χ1) is 12.3. The minimum Gasteiger partial charge on any atom is -0.492 e. The van der Waals surface area contributed by atoms with Crippen molar-refractivity contribution < 1.29 is 9.84 Å². The Bertz CT molecular complexity index is 647. The molecule has 3 rings (SSSR count). The van der Waals surface area contributed by atoms with Crippen LogP contribution in [0, 0.1) is 0 Å². The lowest BCUT2D eigenvalue weighted by molar-refractivity contribution is 0.154. The largest absolute Gasteiger partial charge is 0.492 e. The number of benzene rings is 1. The topological polar surface area (TPSA) is 55.2 Å². The standard InChI is InChI=1S/C21H26N2O2/c24-20(12-7-2-1-4-9-17-10-5-3-6-11-17)18-14-15-19(23-22-18)21-13-8-16-25-21/h3,5-6,8,10-11,14-16,20-21,24H,1-2,4,7,9,12-13H2. The Kier molecular flexibility index (Phi) is 6.57. The third-order valence-corrected chi connectivity index (χ3v) is 4.60. The summed E-state index contributed by atoms with van der Waals surface area (Å²) in [5.41, 5.74) is 2.88. The SMILES string of the molecule is OC(CCCCCCc1ccccc1)c1ccc(C2CC=CO2)nn1. The van der Waals surface area contributed by atoms with Gasteiger partial charge in [-0.3, -0.25) is 0 Å². The number of ether oxygens (including phenoxy) is 1. The lowest BCUT2D eigenvalue weighted by Gasteiger charge is -2.12. The Morgan fingerprint density at radius 2 is 1.84 bits per heavy atom. The molecule has 0 spiro atoms. The summed E-state index contributed by atoms with van der Waals surface area (Å²) in [6, 6.07) is 14.4. The van der Waals surface area contributed by atoms with E-state index in [1.807, 2.05) is 18.2 Å². The van der Waals surface area contributed by atoms with Gasteiger partial charge in [0.05, 0.1) is 18.1 Å². The van der Waals surface area contributed by atoms with E-state index in [1.165, 1.54) is 18.4 Å². The number of rotatable bonds is 9. The maximum Gasteiger partial charge on any atom is 0.145 e. The van der Waals surface area contributed by atoms with E-state index in [0.29, 0.717) is 5.69 Å². The van der Waals surface area contributed by atoms with E-state index in [4.69, 9.17) is 4.74 Å². The Labute approximate surface area is 149 Å². The van der Waals surface area contributed by atoms with Gasteiger partial charge < -0.3 is 9.84 Å². The average Bonchev–Trinajstić information content (AvgIpc) is 3.20. The summed E-state index contributed by atoms with van der Waals surface area (Å²) >= 11 is 0. The monoisotopic (exact) mass is 338 g/mol. The van der Waals surface area contributed by atoms with Gasteiger partial charge in [-0.15, -0.1) is 0 Å². The minimum absolute atomic E-state index is 0.0247. The molecule has 2 unspecified atom stereocenters. The normalized spacial score (nSPS) is 17.4. The fourth-order valence-corrected chi connectivity index (χ4v) is 3.09. The van der Waals surface area contributed by atoms with Crippen LogP contribution >= 0.6 is 0 Å². The molecule has 1 N–H and O–H groups in total. The van der Waals surface area contributed by atoms with Crippen molar-refractivity contribution >= 4 is 0 Å². The molecule has 0 bridgehead atoms. The molecular weight excluding hydrogens is 312 g/mol. The number of hydrogen-bond donors (Lipinski definition) is 1. The number of unbranched alkanes of at least 4 members (excludes halogenated alkanes) is 3. The van der Waals surface area contributed by atoms with Crippen LogP contribution in [0.2, 0.25) is 0 Å². The van der Waals surface area contributed by atoms with Gasteiger partial charge in [0, 0.05) is 6.42 Å². The smallest absolute Gasteiger partial charge is 0.145 e. The van der Waals surface area contributed by atoms with Gasteiger partial charge in [0.2, 0.25) is 0 Å². The molecule has 2 heterocycles. The summed E-state index contributed by atoms with van der Waals surface area (Å²) in [6.07, 6.45) is 10.4. The quantitative estimate of drug-likeness (QED) is 0.675. The second kappa shape index (κ2) is 9.33. The van der Waals surface area contributed by atoms with Crippen molar-refractivity contribution in [3.8, 4) is 0 Å². The third kappa shape index (κ3) is 5.40. The molecule has 132 valence electrons. The van der Waals surface area contributed by atoms with Gasteiger partial charge in [0.15, 0.2) is 0 Å². The molecule has 0 amide bonds. The zero-order chi connectivity index (χ0) is 17.3. The summed E-state index contributed by atoms with van der Waals surface area (Å²) in [6.45, 7) is 0.